The summed E-state index contributed by atoms with van der Waals surface area (Å²) in [5.74, 6) is -1.85. The maximum atomic E-state index is 12.6. The number of anilines is 1. The zero-order chi connectivity index (χ0) is 20.6. The van der Waals surface area contributed by atoms with Gasteiger partial charge in [0, 0.05) is 28.9 Å². The first-order valence-corrected chi connectivity index (χ1v) is 8.99. The summed E-state index contributed by atoms with van der Waals surface area (Å²) < 4.78 is 2.95. The number of nitrogens with zero attached hydrogens (tertiary/aromatic N) is 4. The van der Waals surface area contributed by atoms with Gasteiger partial charge in [0.05, 0.1) is 23.6 Å². The van der Waals surface area contributed by atoms with Crippen molar-refractivity contribution in [2.75, 3.05) is 5.32 Å². The van der Waals surface area contributed by atoms with Gasteiger partial charge in [0.15, 0.2) is 5.69 Å². The number of aromatic nitrogens is 4. The van der Waals surface area contributed by atoms with E-state index < -0.39 is 11.9 Å². The molecule has 0 saturated carbocycles. The topological polar surface area (TPSA) is 102 Å². The second kappa shape index (κ2) is 7.65. The van der Waals surface area contributed by atoms with Crippen LogP contribution in [-0.2, 0) is 13.6 Å². The highest BCUT2D eigenvalue weighted by atomic mass is 35.5. The van der Waals surface area contributed by atoms with E-state index in [4.69, 9.17) is 23.2 Å². The lowest BCUT2D eigenvalue weighted by molar-refractivity contribution is 0.0692. The molecule has 0 spiro atoms. The minimum Gasteiger partial charge on any atom is -0.478 e. The van der Waals surface area contributed by atoms with Crippen molar-refractivity contribution in [1.82, 2.24) is 19.6 Å². The highest BCUT2D eigenvalue weighted by molar-refractivity contribution is 6.36. The maximum Gasteiger partial charge on any atom is 0.339 e. The Balaban J connectivity index is 1.91. The largest absolute Gasteiger partial charge is 0.478 e. The maximum absolute atomic E-state index is 12.6. The number of carbonyl (C=O) groups is 2. The van der Waals surface area contributed by atoms with Crippen molar-refractivity contribution in [2.45, 2.75) is 20.4 Å². The summed E-state index contributed by atoms with van der Waals surface area (Å²) in [5.41, 5.74) is 2.10. The molecule has 8 nitrogen and oxygen atoms in total. The Morgan fingerprint density at radius 3 is 2.43 bits per heavy atom. The zero-order valence-corrected chi connectivity index (χ0v) is 16.8. The van der Waals surface area contributed by atoms with Crippen molar-refractivity contribution in [3.63, 3.8) is 0 Å². The molecule has 2 N–H and O–H groups in total. The molecular weight excluding hydrogens is 405 g/mol. The minimum atomic E-state index is -1.23. The summed E-state index contributed by atoms with van der Waals surface area (Å²) in [6, 6.07) is 5.24. The number of nitrogens with one attached hydrogen (secondary N) is 1. The van der Waals surface area contributed by atoms with Gasteiger partial charge in [-0.3, -0.25) is 14.2 Å². The molecular formula is C18H17Cl2N5O3. The fraction of sp³-hybridized carbons (Fsp3) is 0.222. The smallest absolute Gasteiger partial charge is 0.339 e. The standard InChI is InChI=1S/C18H17Cl2N5O3/c1-9-15(21-17(26)16-12(18(27)28)7-24(3)23-16)10(2)25(22-9)8-11-13(19)5-4-6-14(11)20/h4-7H,8H2,1-3H3,(H,21,26)(H,27,28). The molecule has 2 heterocycles. The van der Waals surface area contributed by atoms with Crippen molar-refractivity contribution in [3.8, 4) is 0 Å². The van der Waals surface area contributed by atoms with Gasteiger partial charge in [-0.05, 0) is 26.0 Å². The monoisotopic (exact) mass is 421 g/mol. The number of hydrogen-bond donors (Lipinski definition) is 2. The molecule has 0 unspecified atom stereocenters. The second-order valence-electron chi connectivity index (χ2n) is 6.23. The van der Waals surface area contributed by atoms with Crippen LogP contribution in [0.4, 0.5) is 5.69 Å². The molecule has 0 aliphatic rings. The van der Waals surface area contributed by atoms with Gasteiger partial charge < -0.3 is 10.4 Å². The lowest BCUT2D eigenvalue weighted by Crippen LogP contribution is -2.17. The number of carboxylic acid groups (broad SMARTS) is 1. The molecule has 3 rings (SSSR count). The molecule has 0 radical (unpaired) electrons. The van der Waals surface area contributed by atoms with Crippen LogP contribution >= 0.6 is 23.2 Å². The van der Waals surface area contributed by atoms with Gasteiger partial charge in [0.2, 0.25) is 0 Å². The first-order valence-electron chi connectivity index (χ1n) is 8.24. The lowest BCUT2D eigenvalue weighted by atomic mass is 10.2. The number of carbonyl (C=O) groups excluding carboxylic acids is 1. The average molecular weight is 422 g/mol. The van der Waals surface area contributed by atoms with Gasteiger partial charge in [-0.15, -0.1) is 0 Å². The minimum absolute atomic E-state index is 0.171. The number of halogens is 2. The van der Waals surface area contributed by atoms with Crippen LogP contribution < -0.4 is 5.32 Å². The Morgan fingerprint density at radius 2 is 1.82 bits per heavy atom. The third-order valence-electron chi connectivity index (χ3n) is 4.26. The third kappa shape index (κ3) is 3.74. The predicted octanol–water partition coefficient (Wildman–Crippen LogP) is 3.54. The lowest BCUT2D eigenvalue weighted by Gasteiger charge is -2.09. The summed E-state index contributed by atoms with van der Waals surface area (Å²) in [6.07, 6.45) is 1.28. The highest BCUT2D eigenvalue weighted by Crippen LogP contribution is 2.27. The number of aryl methyl sites for hydroxylation is 2. The van der Waals surface area contributed by atoms with Crippen LogP contribution in [0, 0.1) is 13.8 Å². The van der Waals surface area contributed by atoms with Gasteiger partial charge >= 0.3 is 5.97 Å². The first kappa shape index (κ1) is 19.9. The van der Waals surface area contributed by atoms with Crippen molar-refractivity contribution >= 4 is 40.8 Å². The summed E-state index contributed by atoms with van der Waals surface area (Å²) >= 11 is 12.5. The van der Waals surface area contributed by atoms with Crippen LogP contribution in [0.1, 0.15) is 37.8 Å². The number of amides is 1. The van der Waals surface area contributed by atoms with Crippen molar-refractivity contribution in [3.05, 3.63) is 62.6 Å². The van der Waals surface area contributed by atoms with Gasteiger partial charge in [-0.1, -0.05) is 29.3 Å². The number of aromatic carboxylic acids is 1. The quantitative estimate of drug-likeness (QED) is 0.655. The van der Waals surface area contributed by atoms with Crippen LogP contribution in [0.5, 0.6) is 0 Å². The zero-order valence-electron chi connectivity index (χ0n) is 15.3. The summed E-state index contributed by atoms with van der Waals surface area (Å²) in [6.45, 7) is 3.85. The molecule has 1 amide bonds. The predicted molar refractivity (Wildman–Crippen MR) is 105 cm³/mol. The summed E-state index contributed by atoms with van der Waals surface area (Å²) in [4.78, 5) is 23.9. The molecule has 2 aromatic heterocycles. The summed E-state index contributed by atoms with van der Waals surface area (Å²) in [5, 5.41) is 21.4. The van der Waals surface area contributed by atoms with E-state index in [2.05, 4.69) is 15.5 Å². The molecule has 1 aromatic carbocycles. The normalized spacial score (nSPS) is 10.9. The van der Waals surface area contributed by atoms with Crippen LogP contribution in [-0.4, -0.2) is 36.5 Å². The SMILES string of the molecule is Cc1nn(Cc2c(Cl)cccc2Cl)c(C)c1NC(=O)c1nn(C)cc1C(=O)O. The van der Waals surface area contributed by atoms with Crippen LogP contribution in [0.2, 0.25) is 10.0 Å². The third-order valence-corrected chi connectivity index (χ3v) is 4.97. The van der Waals surface area contributed by atoms with E-state index in [0.29, 0.717) is 39.2 Å². The number of benzene rings is 1. The Morgan fingerprint density at radius 1 is 1.18 bits per heavy atom. The Hall–Kier alpha value is -2.84. The Kier molecular flexibility index (Phi) is 5.44. The van der Waals surface area contributed by atoms with E-state index in [1.54, 1.807) is 43.8 Å². The molecule has 10 heteroatoms. The van der Waals surface area contributed by atoms with E-state index in [1.165, 1.54) is 10.9 Å². The fourth-order valence-corrected chi connectivity index (χ4v) is 3.37. The molecule has 146 valence electrons. The van der Waals surface area contributed by atoms with Crippen molar-refractivity contribution in [1.29, 1.82) is 0 Å². The van der Waals surface area contributed by atoms with Crippen LogP contribution in [0.15, 0.2) is 24.4 Å². The molecule has 3 aromatic rings. The Labute approximate surface area is 170 Å². The van der Waals surface area contributed by atoms with Gasteiger partial charge in [0.1, 0.15) is 5.56 Å². The Bertz CT molecular complexity index is 1070. The van der Waals surface area contributed by atoms with Gasteiger partial charge in [0.25, 0.3) is 5.91 Å². The number of rotatable bonds is 5. The molecule has 0 bridgehead atoms. The molecule has 28 heavy (non-hydrogen) atoms. The van der Waals surface area contributed by atoms with Gasteiger partial charge in [-0.25, -0.2) is 4.79 Å². The summed E-state index contributed by atoms with van der Waals surface area (Å²) in [7, 11) is 1.55. The van der Waals surface area contributed by atoms with E-state index in [-0.39, 0.29) is 11.3 Å². The van der Waals surface area contributed by atoms with E-state index in [9.17, 15) is 14.7 Å². The molecule has 0 fully saturated rings. The van der Waals surface area contributed by atoms with Crippen LogP contribution in [0.3, 0.4) is 0 Å². The molecule has 0 aliphatic heterocycles. The number of carboxylic acids is 1. The molecule has 0 saturated heterocycles. The molecule has 0 aliphatic carbocycles. The van der Waals surface area contributed by atoms with Crippen molar-refractivity contribution in [2.24, 2.45) is 7.05 Å². The second-order valence-corrected chi connectivity index (χ2v) is 7.04. The number of hydrogen-bond acceptors (Lipinski definition) is 4. The van der Waals surface area contributed by atoms with Crippen molar-refractivity contribution < 1.29 is 14.7 Å². The van der Waals surface area contributed by atoms with E-state index in [0.717, 1.165) is 0 Å². The first-order chi connectivity index (χ1) is 13.2. The van der Waals surface area contributed by atoms with E-state index in [1.807, 2.05) is 0 Å². The van der Waals surface area contributed by atoms with E-state index >= 15 is 0 Å². The molecule has 0 atom stereocenters. The fourth-order valence-electron chi connectivity index (χ4n) is 2.85. The van der Waals surface area contributed by atoms with Crippen LogP contribution in [0.25, 0.3) is 0 Å². The van der Waals surface area contributed by atoms with Gasteiger partial charge in [-0.2, -0.15) is 10.2 Å². The average Bonchev–Trinajstić information content (AvgIpc) is 3.13. The highest BCUT2D eigenvalue weighted by Gasteiger charge is 2.23.